The van der Waals surface area contributed by atoms with Crippen LogP contribution in [-0.2, 0) is 17.8 Å². The molecule has 2 aromatic carbocycles. The van der Waals surface area contributed by atoms with Crippen LogP contribution in [0.3, 0.4) is 0 Å². The predicted octanol–water partition coefficient (Wildman–Crippen LogP) is 4.21. The Bertz CT molecular complexity index is 1090. The van der Waals surface area contributed by atoms with E-state index in [4.69, 9.17) is 26.8 Å². The van der Waals surface area contributed by atoms with Gasteiger partial charge in [-0.25, -0.2) is 5.43 Å². The highest BCUT2D eigenvalue weighted by molar-refractivity contribution is 9.10. The summed E-state index contributed by atoms with van der Waals surface area (Å²) in [6.07, 6.45) is 1.56. The number of hydrogen-bond acceptors (Lipinski definition) is 8. The van der Waals surface area contributed by atoms with E-state index in [-0.39, 0.29) is 18.9 Å². The quantitative estimate of drug-likeness (QED) is 0.320. The molecule has 0 aliphatic rings. The molecule has 8 nitrogen and oxygen atoms in total. The first-order valence-corrected chi connectivity index (χ1v) is 11.2. The van der Waals surface area contributed by atoms with Gasteiger partial charge in [-0.05, 0) is 46.6 Å². The van der Waals surface area contributed by atoms with Gasteiger partial charge in [-0.15, -0.1) is 10.2 Å². The zero-order valence-corrected chi connectivity index (χ0v) is 19.6. The van der Waals surface area contributed by atoms with E-state index in [2.05, 4.69) is 36.7 Å². The maximum absolute atomic E-state index is 12.0. The molecule has 0 atom stereocenters. The van der Waals surface area contributed by atoms with E-state index < -0.39 is 0 Å². The summed E-state index contributed by atoms with van der Waals surface area (Å²) in [6.45, 7) is 2.63. The maximum Gasteiger partial charge on any atom is 0.247 e. The number of nitrogens with one attached hydrogen (secondary N) is 1. The van der Waals surface area contributed by atoms with Crippen molar-refractivity contribution in [1.82, 2.24) is 15.6 Å². The highest BCUT2D eigenvalue weighted by atomic mass is 79.9. The van der Waals surface area contributed by atoms with Gasteiger partial charge in [0.2, 0.25) is 11.0 Å². The van der Waals surface area contributed by atoms with Crippen LogP contribution in [0.5, 0.6) is 11.5 Å². The third-order valence-corrected chi connectivity index (χ3v) is 5.57. The number of hydrogen-bond donors (Lipinski definition) is 2. The minimum absolute atomic E-state index is 0.0505. The molecule has 3 N–H and O–H groups in total. The molecular weight excluding hydrogens is 506 g/mol. The second-order valence-electron chi connectivity index (χ2n) is 6.15. The minimum atomic E-state index is -0.323. The third-order valence-electron chi connectivity index (χ3n) is 3.86. The molecule has 0 saturated carbocycles. The van der Waals surface area contributed by atoms with Crippen LogP contribution in [0.1, 0.15) is 23.1 Å². The number of nitrogens with zero attached hydrogens (tertiary/aromatic N) is 3. The number of amides is 1. The van der Waals surface area contributed by atoms with Gasteiger partial charge < -0.3 is 15.2 Å². The number of anilines is 1. The molecule has 1 amide bonds. The molecule has 11 heteroatoms. The van der Waals surface area contributed by atoms with E-state index in [1.54, 1.807) is 6.07 Å². The monoisotopic (exact) mass is 523 g/mol. The zero-order valence-electron chi connectivity index (χ0n) is 16.5. The maximum atomic E-state index is 12.0. The van der Waals surface area contributed by atoms with E-state index in [1.807, 2.05) is 37.3 Å². The molecular formula is C20H19BrClN5O3S. The molecule has 0 fully saturated rings. The molecule has 0 radical (unpaired) electrons. The van der Waals surface area contributed by atoms with Gasteiger partial charge in [-0.3, -0.25) is 4.79 Å². The zero-order chi connectivity index (χ0) is 22.2. The summed E-state index contributed by atoms with van der Waals surface area (Å²) in [7, 11) is 0. The largest absolute Gasteiger partial charge is 0.490 e. The van der Waals surface area contributed by atoms with Crippen molar-refractivity contribution in [1.29, 1.82) is 0 Å². The van der Waals surface area contributed by atoms with E-state index >= 15 is 0 Å². The van der Waals surface area contributed by atoms with Crippen LogP contribution in [0.4, 0.5) is 5.13 Å². The Morgan fingerprint density at radius 2 is 2.13 bits per heavy atom. The number of nitrogens with two attached hydrogens (primary N) is 1. The average Bonchev–Trinajstić information content (AvgIpc) is 3.13. The van der Waals surface area contributed by atoms with Crippen molar-refractivity contribution in [2.45, 2.75) is 20.0 Å². The number of benzene rings is 2. The van der Waals surface area contributed by atoms with E-state index in [0.717, 1.165) is 16.9 Å². The summed E-state index contributed by atoms with van der Waals surface area (Å²) < 4.78 is 12.4. The number of rotatable bonds is 9. The Balaban J connectivity index is 1.68. The van der Waals surface area contributed by atoms with Crippen molar-refractivity contribution in [2.75, 3.05) is 12.3 Å². The van der Waals surface area contributed by atoms with Gasteiger partial charge in [-0.2, -0.15) is 5.10 Å². The normalized spacial score (nSPS) is 10.9. The van der Waals surface area contributed by atoms with Gasteiger partial charge >= 0.3 is 0 Å². The Hall–Kier alpha value is -2.69. The molecule has 31 heavy (non-hydrogen) atoms. The lowest BCUT2D eigenvalue weighted by molar-refractivity contribution is -0.120. The van der Waals surface area contributed by atoms with Crippen LogP contribution in [0.15, 0.2) is 46.0 Å². The van der Waals surface area contributed by atoms with Gasteiger partial charge in [0.1, 0.15) is 11.6 Å². The number of carbonyl (C=O) groups excluding carboxylic acids is 1. The Morgan fingerprint density at radius 1 is 1.32 bits per heavy atom. The molecule has 0 saturated heterocycles. The van der Waals surface area contributed by atoms with Crippen LogP contribution in [0.25, 0.3) is 0 Å². The molecule has 1 aromatic heterocycles. The molecule has 1 heterocycles. The van der Waals surface area contributed by atoms with Crippen LogP contribution in [0.2, 0.25) is 5.02 Å². The molecule has 0 aliphatic heterocycles. The number of hydrazone groups is 1. The second-order valence-corrected chi connectivity index (χ2v) is 8.50. The summed E-state index contributed by atoms with van der Waals surface area (Å²) >= 11 is 10.9. The SMILES string of the molecule is CCOc1cc(/C=N/NC(=O)Cc2nnc(N)s2)cc(Br)c1OCc1ccccc1Cl. The van der Waals surface area contributed by atoms with Crippen LogP contribution < -0.4 is 20.6 Å². The Kier molecular flexibility index (Phi) is 8.21. The van der Waals surface area contributed by atoms with Gasteiger partial charge in [-0.1, -0.05) is 41.1 Å². The molecule has 0 spiro atoms. The number of ether oxygens (including phenoxy) is 2. The van der Waals surface area contributed by atoms with Crippen molar-refractivity contribution >= 4 is 56.1 Å². The summed E-state index contributed by atoms with van der Waals surface area (Å²) in [6, 6.07) is 11.1. The molecule has 3 rings (SSSR count). The molecule has 0 unspecified atom stereocenters. The first kappa shape index (κ1) is 23.0. The predicted molar refractivity (Wildman–Crippen MR) is 125 cm³/mol. The van der Waals surface area contributed by atoms with Crippen molar-refractivity contribution in [2.24, 2.45) is 5.10 Å². The molecule has 3 aromatic rings. The van der Waals surface area contributed by atoms with E-state index in [9.17, 15) is 4.79 Å². The van der Waals surface area contributed by atoms with Crippen LogP contribution in [-0.4, -0.2) is 28.9 Å². The topological polar surface area (TPSA) is 112 Å². The number of carbonyl (C=O) groups is 1. The lowest BCUT2D eigenvalue weighted by atomic mass is 10.2. The Labute approximate surface area is 196 Å². The fourth-order valence-electron chi connectivity index (χ4n) is 2.52. The number of aromatic nitrogens is 2. The van der Waals surface area contributed by atoms with Gasteiger partial charge in [0.15, 0.2) is 11.5 Å². The van der Waals surface area contributed by atoms with Crippen molar-refractivity contribution in [3.8, 4) is 11.5 Å². The van der Waals surface area contributed by atoms with E-state index in [0.29, 0.717) is 43.3 Å². The standard InChI is InChI=1S/C20H19BrClN5O3S/c1-2-29-16-8-12(10-24-25-17(28)9-18-26-27-20(23)31-18)7-14(21)19(16)30-11-13-5-3-4-6-15(13)22/h3-8,10H,2,9,11H2,1H3,(H2,23,27)(H,25,28)/b24-10+. The third kappa shape index (κ3) is 6.65. The Morgan fingerprint density at radius 3 is 2.84 bits per heavy atom. The molecule has 162 valence electrons. The van der Waals surface area contributed by atoms with Crippen molar-refractivity contribution in [3.05, 3.63) is 62.0 Å². The van der Waals surface area contributed by atoms with Gasteiger partial charge in [0, 0.05) is 10.6 Å². The summed E-state index contributed by atoms with van der Waals surface area (Å²) in [4.78, 5) is 12.0. The van der Waals surface area contributed by atoms with Crippen molar-refractivity contribution in [3.63, 3.8) is 0 Å². The fraction of sp³-hybridized carbons (Fsp3) is 0.200. The number of halogens is 2. The summed E-state index contributed by atoms with van der Waals surface area (Å²) in [5.74, 6) is 0.772. The van der Waals surface area contributed by atoms with Crippen molar-refractivity contribution < 1.29 is 14.3 Å². The van der Waals surface area contributed by atoms with E-state index in [1.165, 1.54) is 6.21 Å². The molecule has 0 bridgehead atoms. The number of nitrogen functional groups attached to an aromatic ring is 1. The van der Waals surface area contributed by atoms with Crippen LogP contribution >= 0.6 is 38.9 Å². The summed E-state index contributed by atoms with van der Waals surface area (Å²) in [5.41, 5.74) is 9.54. The first-order valence-electron chi connectivity index (χ1n) is 9.18. The summed E-state index contributed by atoms with van der Waals surface area (Å²) in [5, 5.41) is 12.9. The fourth-order valence-corrected chi connectivity index (χ4v) is 3.90. The molecule has 0 aliphatic carbocycles. The minimum Gasteiger partial charge on any atom is -0.490 e. The van der Waals surface area contributed by atoms with Crippen LogP contribution in [0, 0.1) is 0 Å². The highest BCUT2D eigenvalue weighted by Crippen LogP contribution is 2.37. The highest BCUT2D eigenvalue weighted by Gasteiger charge is 2.13. The van der Waals surface area contributed by atoms with Gasteiger partial charge in [0.05, 0.1) is 23.7 Å². The lowest BCUT2D eigenvalue weighted by Crippen LogP contribution is -2.19. The lowest BCUT2D eigenvalue weighted by Gasteiger charge is -2.15. The average molecular weight is 525 g/mol. The first-order chi connectivity index (χ1) is 15.0. The van der Waals surface area contributed by atoms with Gasteiger partial charge in [0.25, 0.3) is 0 Å². The smallest absolute Gasteiger partial charge is 0.247 e. The second kappa shape index (κ2) is 11.1.